The number of aromatic amines is 1. The SMILES string of the molecule is CCCNC(=O)CN1CCN(c2cn[nH]c(=O)c2Cl)CC1. The van der Waals surface area contributed by atoms with E-state index in [-0.39, 0.29) is 16.5 Å². The molecule has 1 aromatic rings. The quantitative estimate of drug-likeness (QED) is 0.804. The molecule has 2 N–H and O–H groups in total. The second-order valence-electron chi connectivity index (χ2n) is 5.01. The molecule has 7 nitrogen and oxygen atoms in total. The van der Waals surface area contributed by atoms with E-state index in [1.807, 2.05) is 11.8 Å². The Balaban J connectivity index is 1.87. The van der Waals surface area contributed by atoms with Crippen LogP contribution in [0.5, 0.6) is 0 Å². The van der Waals surface area contributed by atoms with Gasteiger partial charge in [-0.25, -0.2) is 5.10 Å². The second kappa shape index (κ2) is 7.42. The van der Waals surface area contributed by atoms with Gasteiger partial charge in [0.25, 0.3) is 5.56 Å². The van der Waals surface area contributed by atoms with Crippen molar-refractivity contribution in [3.63, 3.8) is 0 Å². The van der Waals surface area contributed by atoms with Crippen LogP contribution in [-0.2, 0) is 4.79 Å². The van der Waals surface area contributed by atoms with Crippen LogP contribution in [0.2, 0.25) is 5.02 Å². The molecule has 0 spiro atoms. The molecule has 0 bridgehead atoms. The van der Waals surface area contributed by atoms with Gasteiger partial charge in [-0.1, -0.05) is 18.5 Å². The number of nitrogens with one attached hydrogen (secondary N) is 2. The Labute approximate surface area is 128 Å². The minimum absolute atomic E-state index is 0.0566. The largest absolute Gasteiger partial charge is 0.366 e. The normalized spacial score (nSPS) is 16.0. The van der Waals surface area contributed by atoms with Crippen molar-refractivity contribution < 1.29 is 4.79 Å². The number of hydrogen-bond donors (Lipinski definition) is 2. The number of carbonyl (C=O) groups excluding carboxylic acids is 1. The lowest BCUT2D eigenvalue weighted by atomic mass is 10.2. The first-order valence-electron chi connectivity index (χ1n) is 7.09. The minimum atomic E-state index is -0.379. The standard InChI is InChI=1S/C13H20ClN5O2/c1-2-3-15-11(20)9-18-4-6-19(7-5-18)10-8-16-17-13(21)12(10)14/h8H,2-7,9H2,1H3,(H,15,20)(H,17,21). The molecule has 1 aliphatic heterocycles. The van der Waals surface area contributed by atoms with Gasteiger partial charge in [-0.15, -0.1) is 0 Å². The number of H-pyrrole nitrogens is 1. The fourth-order valence-electron chi connectivity index (χ4n) is 2.26. The number of carbonyl (C=O) groups is 1. The molecular weight excluding hydrogens is 294 g/mol. The molecule has 8 heteroatoms. The van der Waals surface area contributed by atoms with Gasteiger partial charge in [0.2, 0.25) is 5.91 Å². The summed E-state index contributed by atoms with van der Waals surface area (Å²) in [4.78, 5) is 27.2. The van der Waals surface area contributed by atoms with E-state index in [9.17, 15) is 9.59 Å². The highest BCUT2D eigenvalue weighted by Gasteiger charge is 2.21. The fraction of sp³-hybridized carbons (Fsp3) is 0.615. The highest BCUT2D eigenvalue weighted by molar-refractivity contribution is 6.32. The summed E-state index contributed by atoms with van der Waals surface area (Å²) >= 11 is 6.00. The number of amides is 1. The van der Waals surface area contributed by atoms with Crippen LogP contribution in [0, 0.1) is 0 Å². The smallest absolute Gasteiger partial charge is 0.285 e. The highest BCUT2D eigenvalue weighted by Crippen LogP contribution is 2.21. The molecule has 1 amide bonds. The van der Waals surface area contributed by atoms with Gasteiger partial charge in [0, 0.05) is 32.7 Å². The Morgan fingerprint density at radius 3 is 2.81 bits per heavy atom. The number of nitrogens with zero attached hydrogens (tertiary/aromatic N) is 3. The van der Waals surface area contributed by atoms with Crippen molar-refractivity contribution in [1.82, 2.24) is 20.4 Å². The molecule has 0 atom stereocenters. The van der Waals surface area contributed by atoms with E-state index >= 15 is 0 Å². The molecule has 1 fully saturated rings. The van der Waals surface area contributed by atoms with Gasteiger partial charge >= 0.3 is 0 Å². The first-order valence-corrected chi connectivity index (χ1v) is 7.46. The van der Waals surface area contributed by atoms with Gasteiger partial charge in [-0.2, -0.15) is 5.10 Å². The summed E-state index contributed by atoms with van der Waals surface area (Å²) in [5.74, 6) is 0.0566. The van der Waals surface area contributed by atoms with Crippen LogP contribution >= 0.6 is 11.6 Å². The second-order valence-corrected chi connectivity index (χ2v) is 5.39. The molecule has 0 aliphatic carbocycles. The minimum Gasteiger partial charge on any atom is -0.366 e. The van der Waals surface area contributed by atoms with Crippen molar-refractivity contribution in [2.45, 2.75) is 13.3 Å². The van der Waals surface area contributed by atoms with Crippen LogP contribution in [0.4, 0.5) is 5.69 Å². The predicted octanol–water partition coefficient (Wildman–Crippen LogP) is 0.0715. The molecular formula is C13H20ClN5O2. The predicted molar refractivity (Wildman–Crippen MR) is 81.8 cm³/mol. The molecule has 0 unspecified atom stereocenters. The third kappa shape index (κ3) is 4.18. The van der Waals surface area contributed by atoms with E-state index in [4.69, 9.17) is 11.6 Å². The third-order valence-corrected chi connectivity index (χ3v) is 3.79. The van der Waals surface area contributed by atoms with Gasteiger partial charge < -0.3 is 10.2 Å². The average Bonchev–Trinajstić information content (AvgIpc) is 2.49. The first kappa shape index (κ1) is 15.8. The van der Waals surface area contributed by atoms with Crippen LogP contribution < -0.4 is 15.8 Å². The van der Waals surface area contributed by atoms with E-state index in [0.717, 1.165) is 19.5 Å². The van der Waals surface area contributed by atoms with Gasteiger partial charge in [0.05, 0.1) is 18.4 Å². The highest BCUT2D eigenvalue weighted by atomic mass is 35.5. The lowest BCUT2D eigenvalue weighted by molar-refractivity contribution is -0.122. The molecule has 0 saturated carbocycles. The Morgan fingerprint density at radius 2 is 2.14 bits per heavy atom. The van der Waals surface area contributed by atoms with Crippen LogP contribution in [0.25, 0.3) is 0 Å². The maximum Gasteiger partial charge on any atom is 0.285 e. The monoisotopic (exact) mass is 313 g/mol. The number of hydrogen-bond acceptors (Lipinski definition) is 5. The van der Waals surface area contributed by atoms with Crippen molar-refractivity contribution in [3.8, 4) is 0 Å². The molecule has 2 rings (SSSR count). The first-order chi connectivity index (χ1) is 10.1. The molecule has 0 radical (unpaired) electrons. The lowest BCUT2D eigenvalue weighted by Crippen LogP contribution is -2.49. The maximum absolute atomic E-state index is 11.7. The zero-order chi connectivity index (χ0) is 15.2. The summed E-state index contributed by atoms with van der Waals surface area (Å²) < 4.78 is 0. The van der Waals surface area contributed by atoms with Crippen molar-refractivity contribution >= 4 is 23.2 Å². The zero-order valence-electron chi connectivity index (χ0n) is 12.1. The summed E-state index contributed by atoms with van der Waals surface area (Å²) in [5, 5.41) is 9.12. The van der Waals surface area contributed by atoms with Gasteiger partial charge in [0.15, 0.2) is 0 Å². The van der Waals surface area contributed by atoms with Gasteiger partial charge in [-0.3, -0.25) is 14.5 Å². The van der Waals surface area contributed by atoms with Crippen LogP contribution in [0.15, 0.2) is 11.0 Å². The Kier molecular flexibility index (Phi) is 5.58. The topological polar surface area (TPSA) is 81.3 Å². The fourth-order valence-corrected chi connectivity index (χ4v) is 2.48. The molecule has 1 aliphatic rings. The van der Waals surface area contributed by atoms with Gasteiger partial charge in [-0.05, 0) is 6.42 Å². The van der Waals surface area contributed by atoms with E-state index in [1.54, 1.807) is 6.20 Å². The zero-order valence-corrected chi connectivity index (χ0v) is 12.8. The van der Waals surface area contributed by atoms with Gasteiger partial charge in [0.1, 0.15) is 5.02 Å². The van der Waals surface area contributed by atoms with Crippen LogP contribution in [0.3, 0.4) is 0 Å². The van der Waals surface area contributed by atoms with E-state index < -0.39 is 0 Å². The molecule has 21 heavy (non-hydrogen) atoms. The molecule has 0 aromatic carbocycles. The van der Waals surface area contributed by atoms with E-state index in [1.165, 1.54) is 0 Å². The number of anilines is 1. The van der Waals surface area contributed by atoms with E-state index in [0.29, 0.717) is 31.9 Å². The number of piperazine rings is 1. The average molecular weight is 314 g/mol. The Hall–Kier alpha value is -1.60. The van der Waals surface area contributed by atoms with Crippen molar-refractivity contribution in [2.75, 3.05) is 44.2 Å². The molecule has 116 valence electrons. The Bertz CT molecular complexity index is 540. The summed E-state index contributed by atoms with van der Waals surface area (Å²) in [6.07, 6.45) is 2.50. The molecule has 2 heterocycles. The Morgan fingerprint density at radius 1 is 1.43 bits per heavy atom. The van der Waals surface area contributed by atoms with Crippen LogP contribution in [-0.4, -0.2) is 60.3 Å². The molecule has 1 aromatic heterocycles. The third-order valence-electron chi connectivity index (χ3n) is 3.43. The van der Waals surface area contributed by atoms with Crippen molar-refractivity contribution in [3.05, 3.63) is 21.6 Å². The number of aromatic nitrogens is 2. The van der Waals surface area contributed by atoms with Crippen molar-refractivity contribution in [2.24, 2.45) is 0 Å². The summed E-state index contributed by atoms with van der Waals surface area (Å²) in [5.41, 5.74) is 0.269. The summed E-state index contributed by atoms with van der Waals surface area (Å²) in [6, 6.07) is 0. The lowest BCUT2D eigenvalue weighted by Gasteiger charge is -2.35. The molecule has 1 saturated heterocycles. The van der Waals surface area contributed by atoms with E-state index in [2.05, 4.69) is 20.4 Å². The maximum atomic E-state index is 11.7. The summed E-state index contributed by atoms with van der Waals surface area (Å²) in [7, 11) is 0. The number of halogens is 1. The van der Waals surface area contributed by atoms with Crippen molar-refractivity contribution in [1.29, 1.82) is 0 Å². The van der Waals surface area contributed by atoms with Crippen LogP contribution in [0.1, 0.15) is 13.3 Å². The summed E-state index contributed by atoms with van der Waals surface area (Å²) in [6.45, 7) is 6.09. The number of rotatable bonds is 5.